The van der Waals surface area contributed by atoms with E-state index in [1.807, 2.05) is 24.3 Å². The number of carbonyl (C=O) groups is 2. The minimum atomic E-state index is -0.981. The van der Waals surface area contributed by atoms with Gasteiger partial charge in [0.2, 0.25) is 0 Å². The average Bonchev–Trinajstić information content (AvgIpc) is 2.15. The smallest absolute Gasteiger partial charge is 0.308 e. The van der Waals surface area contributed by atoms with Crippen molar-refractivity contribution in [2.24, 2.45) is 35.5 Å². The molecule has 4 rings (SSSR count). The molecule has 6 unspecified atom stereocenters. The molecule has 0 spiro atoms. The lowest BCUT2D eigenvalue weighted by atomic mass is 9.50. The molecule has 4 aliphatic carbocycles. The van der Waals surface area contributed by atoms with Crippen LogP contribution in [0.2, 0.25) is 0 Å². The molecule has 0 aromatic heterocycles. The van der Waals surface area contributed by atoms with Gasteiger partial charge in [-0.25, -0.2) is 0 Å². The van der Waals surface area contributed by atoms with Gasteiger partial charge in [0.15, 0.2) is 0 Å². The van der Waals surface area contributed by atoms with Crippen molar-refractivity contribution in [2.75, 3.05) is 0 Å². The number of carboxylic acids is 2. The summed E-state index contributed by atoms with van der Waals surface area (Å²) >= 11 is 0. The number of rotatable bonds is 2. The Hall–Kier alpha value is -1.58. The maximum atomic E-state index is 11.2. The van der Waals surface area contributed by atoms with Crippen LogP contribution in [0.15, 0.2) is 24.3 Å². The molecule has 84 valence electrons. The first kappa shape index (κ1) is 9.63. The molecule has 0 saturated heterocycles. The van der Waals surface area contributed by atoms with Crippen molar-refractivity contribution >= 4 is 11.9 Å². The Morgan fingerprint density at radius 1 is 0.688 bits per heavy atom. The van der Waals surface area contributed by atoms with E-state index >= 15 is 0 Å². The van der Waals surface area contributed by atoms with Gasteiger partial charge in [0, 0.05) is 0 Å². The summed E-state index contributed by atoms with van der Waals surface area (Å²) in [6.45, 7) is 0. The quantitative estimate of drug-likeness (QED) is 0.681. The SMILES string of the molecule is O=C(O)C1C2C=CC(C3C=CC32)C1C(=O)O. The summed E-state index contributed by atoms with van der Waals surface area (Å²) in [5, 5.41) is 18.4. The second-order valence-electron chi connectivity index (χ2n) is 4.81. The lowest BCUT2D eigenvalue weighted by Crippen LogP contribution is -2.54. The van der Waals surface area contributed by atoms with Crippen molar-refractivity contribution < 1.29 is 19.8 Å². The van der Waals surface area contributed by atoms with Crippen molar-refractivity contribution in [1.29, 1.82) is 0 Å². The van der Waals surface area contributed by atoms with Crippen LogP contribution in [0.1, 0.15) is 0 Å². The van der Waals surface area contributed by atoms with Gasteiger partial charge in [-0.3, -0.25) is 9.59 Å². The molecule has 0 amide bonds. The maximum absolute atomic E-state index is 11.2. The fraction of sp³-hybridized carbons (Fsp3) is 0.500. The van der Waals surface area contributed by atoms with Gasteiger partial charge >= 0.3 is 11.9 Å². The molecule has 1 saturated carbocycles. The Morgan fingerprint density at radius 3 is 1.25 bits per heavy atom. The minimum Gasteiger partial charge on any atom is -0.481 e. The Kier molecular flexibility index (Phi) is 1.79. The summed E-state index contributed by atoms with van der Waals surface area (Å²) in [6, 6.07) is 0. The van der Waals surface area contributed by atoms with Crippen molar-refractivity contribution in [2.45, 2.75) is 0 Å². The Morgan fingerprint density at radius 2 is 1.00 bits per heavy atom. The van der Waals surface area contributed by atoms with E-state index in [0.717, 1.165) is 0 Å². The molecule has 4 nitrogen and oxygen atoms in total. The number of hydrogen-bond donors (Lipinski definition) is 2. The highest BCUT2D eigenvalue weighted by Crippen LogP contribution is 2.55. The van der Waals surface area contributed by atoms with E-state index in [-0.39, 0.29) is 23.7 Å². The molecule has 6 atom stereocenters. The highest BCUT2D eigenvalue weighted by atomic mass is 16.4. The summed E-state index contributed by atoms with van der Waals surface area (Å²) in [7, 11) is 0. The van der Waals surface area contributed by atoms with Crippen LogP contribution in [0, 0.1) is 35.5 Å². The second kappa shape index (κ2) is 2.97. The summed E-state index contributed by atoms with van der Waals surface area (Å²) in [5.74, 6) is -3.29. The third-order valence-electron chi connectivity index (χ3n) is 4.23. The summed E-state index contributed by atoms with van der Waals surface area (Å²) in [4.78, 5) is 22.4. The molecule has 0 aliphatic heterocycles. The predicted molar refractivity (Wildman–Crippen MR) is 54.5 cm³/mol. The van der Waals surface area contributed by atoms with E-state index in [9.17, 15) is 19.8 Å². The standard InChI is InChI=1S/C12H12O4/c13-11(14)9-7-3-4-8(10(9)12(15)16)6-2-1-5(6)7/h1-10H,(H,13,14)(H,15,16). The molecule has 0 aromatic carbocycles. The van der Waals surface area contributed by atoms with Crippen molar-refractivity contribution in [3.63, 3.8) is 0 Å². The van der Waals surface area contributed by atoms with E-state index in [2.05, 4.69) is 0 Å². The second-order valence-corrected chi connectivity index (χ2v) is 4.81. The molecular weight excluding hydrogens is 208 g/mol. The van der Waals surface area contributed by atoms with Crippen LogP contribution in [-0.4, -0.2) is 22.2 Å². The van der Waals surface area contributed by atoms with Crippen LogP contribution in [0.5, 0.6) is 0 Å². The lowest BCUT2D eigenvalue weighted by Gasteiger charge is -2.52. The van der Waals surface area contributed by atoms with E-state index in [4.69, 9.17) is 0 Å². The molecule has 0 heterocycles. The van der Waals surface area contributed by atoms with Gasteiger partial charge in [0.1, 0.15) is 0 Å². The monoisotopic (exact) mass is 220 g/mol. The highest BCUT2D eigenvalue weighted by molar-refractivity contribution is 5.82. The van der Waals surface area contributed by atoms with Crippen LogP contribution >= 0.6 is 0 Å². The van der Waals surface area contributed by atoms with Crippen LogP contribution in [0.3, 0.4) is 0 Å². The topological polar surface area (TPSA) is 74.6 Å². The Balaban J connectivity index is 2.05. The number of allylic oxidation sites excluding steroid dienone is 4. The molecular formula is C12H12O4. The number of carboxylic acid groups (broad SMARTS) is 2. The van der Waals surface area contributed by atoms with Gasteiger partial charge in [-0.2, -0.15) is 0 Å². The van der Waals surface area contributed by atoms with E-state index < -0.39 is 23.8 Å². The molecule has 2 bridgehead atoms. The van der Waals surface area contributed by atoms with Crippen molar-refractivity contribution in [1.82, 2.24) is 0 Å². The predicted octanol–water partition coefficient (Wildman–Crippen LogP) is 1.01. The molecule has 16 heavy (non-hydrogen) atoms. The van der Waals surface area contributed by atoms with E-state index in [0.29, 0.717) is 0 Å². The van der Waals surface area contributed by atoms with Crippen molar-refractivity contribution in [3.05, 3.63) is 24.3 Å². The zero-order chi connectivity index (χ0) is 11.4. The molecule has 4 aliphatic rings. The summed E-state index contributed by atoms with van der Waals surface area (Å²) in [5.41, 5.74) is 0. The van der Waals surface area contributed by atoms with Crippen LogP contribution in [0.25, 0.3) is 0 Å². The van der Waals surface area contributed by atoms with Gasteiger partial charge in [-0.05, 0) is 23.7 Å². The third-order valence-corrected chi connectivity index (χ3v) is 4.23. The number of aliphatic carboxylic acids is 2. The molecule has 0 radical (unpaired) electrons. The lowest BCUT2D eigenvalue weighted by molar-refractivity contribution is -0.163. The van der Waals surface area contributed by atoms with E-state index in [1.165, 1.54) is 0 Å². The van der Waals surface area contributed by atoms with Gasteiger partial charge in [-0.15, -0.1) is 0 Å². The largest absolute Gasteiger partial charge is 0.481 e. The maximum Gasteiger partial charge on any atom is 0.308 e. The van der Waals surface area contributed by atoms with Crippen molar-refractivity contribution in [3.8, 4) is 0 Å². The van der Waals surface area contributed by atoms with Crippen LogP contribution < -0.4 is 0 Å². The van der Waals surface area contributed by atoms with Crippen LogP contribution in [0.4, 0.5) is 0 Å². The van der Waals surface area contributed by atoms with Gasteiger partial charge in [0.05, 0.1) is 11.8 Å². The first-order valence-electron chi connectivity index (χ1n) is 5.43. The third kappa shape index (κ3) is 0.991. The molecule has 0 aromatic rings. The first-order chi connectivity index (χ1) is 7.61. The van der Waals surface area contributed by atoms with Gasteiger partial charge < -0.3 is 10.2 Å². The normalized spacial score (nSPS) is 47.2. The van der Waals surface area contributed by atoms with Crippen LogP contribution in [-0.2, 0) is 9.59 Å². The Bertz CT molecular complexity index is 385. The van der Waals surface area contributed by atoms with E-state index in [1.54, 1.807) is 0 Å². The number of hydrogen-bond acceptors (Lipinski definition) is 2. The molecule has 1 fully saturated rings. The average molecular weight is 220 g/mol. The summed E-state index contributed by atoms with van der Waals surface area (Å²) in [6.07, 6.45) is 7.82. The molecule has 4 heteroatoms. The minimum absolute atomic E-state index is 0.140. The van der Waals surface area contributed by atoms with Gasteiger partial charge in [0.25, 0.3) is 0 Å². The first-order valence-corrected chi connectivity index (χ1v) is 5.43. The Labute approximate surface area is 92.3 Å². The summed E-state index contributed by atoms with van der Waals surface area (Å²) < 4.78 is 0. The zero-order valence-corrected chi connectivity index (χ0v) is 8.48. The highest BCUT2D eigenvalue weighted by Gasteiger charge is 2.57. The fourth-order valence-electron chi connectivity index (χ4n) is 3.48. The fourth-order valence-corrected chi connectivity index (χ4v) is 3.48. The molecule has 2 N–H and O–H groups in total. The number of fused-ring (bicyclic) bond motifs is 1. The van der Waals surface area contributed by atoms with Gasteiger partial charge in [-0.1, -0.05) is 24.3 Å². The zero-order valence-electron chi connectivity index (χ0n) is 8.48.